The molecule has 0 radical (unpaired) electrons. The van der Waals surface area contributed by atoms with Crippen LogP contribution in [0.4, 0.5) is 0 Å². The van der Waals surface area contributed by atoms with E-state index in [4.69, 9.17) is 0 Å². The molecule has 4 nitrogen and oxygen atoms in total. The van der Waals surface area contributed by atoms with E-state index in [-0.39, 0.29) is 11.9 Å². The van der Waals surface area contributed by atoms with E-state index in [1.54, 1.807) is 6.20 Å². The molecule has 2 aromatic rings. The Morgan fingerprint density at radius 2 is 2.04 bits per heavy atom. The van der Waals surface area contributed by atoms with Crippen LogP contribution >= 0.6 is 0 Å². The maximum Gasteiger partial charge on any atom is 0.222 e. The molecule has 1 fully saturated rings. The number of nitrogens with zero attached hydrogens (tertiary/aromatic N) is 2. The van der Waals surface area contributed by atoms with E-state index >= 15 is 0 Å². The highest BCUT2D eigenvalue weighted by atomic mass is 16.1. The third-order valence-corrected chi connectivity index (χ3v) is 5.30. The van der Waals surface area contributed by atoms with E-state index in [1.807, 2.05) is 18.3 Å². The molecule has 0 bridgehead atoms. The summed E-state index contributed by atoms with van der Waals surface area (Å²) in [6.07, 6.45) is 7.91. The highest BCUT2D eigenvalue weighted by Gasteiger charge is 2.21. The number of rotatable bonds is 6. The number of pyridine rings is 1. The van der Waals surface area contributed by atoms with Crippen LogP contribution in [0.3, 0.4) is 0 Å². The number of aromatic nitrogens is 1. The maximum absolute atomic E-state index is 12.7. The van der Waals surface area contributed by atoms with Crippen molar-refractivity contribution in [2.24, 2.45) is 0 Å². The number of hydrogen-bond acceptors (Lipinski definition) is 3. The molecule has 1 amide bonds. The van der Waals surface area contributed by atoms with Crippen LogP contribution in [-0.4, -0.2) is 34.9 Å². The predicted octanol–water partition coefficient (Wildman–Crippen LogP) is 3.86. The first-order valence-corrected chi connectivity index (χ1v) is 9.63. The van der Waals surface area contributed by atoms with Gasteiger partial charge < -0.3 is 10.2 Å². The number of carbonyl (C=O) groups is 1. The molecule has 0 spiro atoms. The Morgan fingerprint density at radius 3 is 2.73 bits per heavy atom. The molecule has 2 atom stereocenters. The Labute approximate surface area is 156 Å². The molecule has 4 heteroatoms. The van der Waals surface area contributed by atoms with Crippen molar-refractivity contribution in [1.29, 1.82) is 0 Å². The van der Waals surface area contributed by atoms with E-state index in [2.05, 4.69) is 53.3 Å². The topological polar surface area (TPSA) is 45.2 Å². The van der Waals surface area contributed by atoms with Gasteiger partial charge in [0.15, 0.2) is 0 Å². The van der Waals surface area contributed by atoms with Crippen LogP contribution in [0.2, 0.25) is 0 Å². The van der Waals surface area contributed by atoms with Crippen LogP contribution in [0.25, 0.3) is 0 Å². The first-order valence-electron chi connectivity index (χ1n) is 9.63. The summed E-state index contributed by atoms with van der Waals surface area (Å²) in [6, 6.07) is 12.7. The van der Waals surface area contributed by atoms with Gasteiger partial charge >= 0.3 is 0 Å². The molecular weight excluding hydrogens is 322 g/mol. The number of carbonyl (C=O) groups excluding carboxylic acids is 1. The first-order chi connectivity index (χ1) is 12.6. The van der Waals surface area contributed by atoms with Gasteiger partial charge in [0.2, 0.25) is 5.91 Å². The van der Waals surface area contributed by atoms with Gasteiger partial charge in [0.05, 0.1) is 6.04 Å². The quantitative estimate of drug-likeness (QED) is 0.859. The van der Waals surface area contributed by atoms with Crippen LogP contribution in [0, 0.1) is 6.92 Å². The summed E-state index contributed by atoms with van der Waals surface area (Å²) in [5.41, 5.74) is 3.31. The van der Waals surface area contributed by atoms with E-state index in [9.17, 15) is 4.79 Å². The molecule has 2 heterocycles. The van der Waals surface area contributed by atoms with Gasteiger partial charge in [-0.25, -0.2) is 0 Å². The van der Waals surface area contributed by atoms with Crippen molar-refractivity contribution in [3.63, 3.8) is 0 Å². The van der Waals surface area contributed by atoms with Gasteiger partial charge in [-0.05, 0) is 50.4 Å². The van der Waals surface area contributed by atoms with Crippen molar-refractivity contribution in [3.05, 3.63) is 65.5 Å². The monoisotopic (exact) mass is 351 g/mol. The van der Waals surface area contributed by atoms with Gasteiger partial charge in [0, 0.05) is 31.4 Å². The van der Waals surface area contributed by atoms with Crippen LogP contribution in [0.1, 0.15) is 55.3 Å². The fraction of sp³-hybridized carbons (Fsp3) is 0.455. The lowest BCUT2D eigenvalue weighted by Gasteiger charge is -2.33. The largest absolute Gasteiger partial charge is 0.345 e. The summed E-state index contributed by atoms with van der Waals surface area (Å²) < 4.78 is 0. The second kappa shape index (κ2) is 8.95. The summed E-state index contributed by atoms with van der Waals surface area (Å²) in [5, 5.41) is 3.22. The van der Waals surface area contributed by atoms with E-state index in [1.165, 1.54) is 24.8 Å². The summed E-state index contributed by atoms with van der Waals surface area (Å²) in [7, 11) is 0. The van der Waals surface area contributed by atoms with Gasteiger partial charge in [-0.15, -0.1) is 0 Å². The maximum atomic E-state index is 12.7. The highest BCUT2D eigenvalue weighted by Crippen LogP contribution is 2.22. The fourth-order valence-electron chi connectivity index (χ4n) is 3.63. The van der Waals surface area contributed by atoms with Crippen molar-refractivity contribution in [2.75, 3.05) is 13.1 Å². The molecule has 26 heavy (non-hydrogen) atoms. The second-order valence-electron chi connectivity index (χ2n) is 7.33. The molecule has 1 N–H and O–H groups in total. The number of amides is 1. The minimum atomic E-state index is -0.157. The Balaban J connectivity index is 1.67. The Bertz CT molecular complexity index is 699. The third-order valence-electron chi connectivity index (χ3n) is 5.30. The van der Waals surface area contributed by atoms with Crippen LogP contribution < -0.4 is 5.32 Å². The lowest BCUT2D eigenvalue weighted by molar-refractivity contribution is -0.122. The average Bonchev–Trinajstić information content (AvgIpc) is 2.67. The van der Waals surface area contributed by atoms with E-state index < -0.39 is 0 Å². The Kier molecular flexibility index (Phi) is 6.40. The molecular formula is C22H29N3O. The molecule has 138 valence electrons. The number of aryl methyl sites for hydroxylation is 1. The van der Waals surface area contributed by atoms with Crippen molar-refractivity contribution in [1.82, 2.24) is 15.2 Å². The lowest BCUT2D eigenvalue weighted by atomic mass is 9.99. The third kappa shape index (κ3) is 4.92. The Morgan fingerprint density at radius 1 is 1.23 bits per heavy atom. The number of likely N-dealkylation sites (tertiary alicyclic amines) is 1. The predicted molar refractivity (Wildman–Crippen MR) is 105 cm³/mol. The summed E-state index contributed by atoms with van der Waals surface area (Å²) in [5.74, 6) is 0.0946. The van der Waals surface area contributed by atoms with Crippen molar-refractivity contribution < 1.29 is 4.79 Å². The van der Waals surface area contributed by atoms with Gasteiger partial charge in [0.1, 0.15) is 0 Å². The molecule has 0 unspecified atom stereocenters. The summed E-state index contributed by atoms with van der Waals surface area (Å²) in [4.78, 5) is 19.3. The van der Waals surface area contributed by atoms with Gasteiger partial charge in [0.25, 0.3) is 0 Å². The minimum absolute atomic E-state index is 0.0946. The standard InChI is InChI=1S/C22H29N3O/c1-17-8-10-19(11-9-17)22(20-7-5-13-23-16-20)24-21(26)12-15-25-14-4-3-6-18(25)2/h5,7-11,13,16,18,22H,3-4,6,12,14-15H2,1-2H3,(H,24,26)/t18-,22+/m0/s1. The molecule has 1 aromatic carbocycles. The lowest BCUT2D eigenvalue weighted by Crippen LogP contribution is -2.40. The van der Waals surface area contributed by atoms with Crippen molar-refractivity contribution in [3.8, 4) is 0 Å². The van der Waals surface area contributed by atoms with Crippen molar-refractivity contribution in [2.45, 2.75) is 51.6 Å². The number of hydrogen-bond donors (Lipinski definition) is 1. The SMILES string of the molecule is Cc1ccc([C@@H](NC(=O)CCN2CCCC[C@@H]2C)c2cccnc2)cc1. The zero-order valence-corrected chi connectivity index (χ0v) is 15.8. The van der Waals surface area contributed by atoms with Crippen LogP contribution in [0.5, 0.6) is 0 Å². The van der Waals surface area contributed by atoms with Crippen LogP contribution in [0.15, 0.2) is 48.8 Å². The van der Waals surface area contributed by atoms with Gasteiger partial charge in [-0.2, -0.15) is 0 Å². The van der Waals surface area contributed by atoms with E-state index in [0.29, 0.717) is 12.5 Å². The summed E-state index contributed by atoms with van der Waals surface area (Å²) >= 11 is 0. The zero-order chi connectivity index (χ0) is 18.4. The zero-order valence-electron chi connectivity index (χ0n) is 15.8. The molecule has 0 aliphatic carbocycles. The number of benzene rings is 1. The van der Waals surface area contributed by atoms with E-state index in [0.717, 1.165) is 24.2 Å². The second-order valence-corrected chi connectivity index (χ2v) is 7.33. The normalized spacial score (nSPS) is 19.1. The fourth-order valence-corrected chi connectivity index (χ4v) is 3.63. The van der Waals surface area contributed by atoms with Crippen molar-refractivity contribution >= 4 is 5.91 Å². The minimum Gasteiger partial charge on any atom is -0.345 e. The number of piperidine rings is 1. The average molecular weight is 351 g/mol. The Hall–Kier alpha value is -2.20. The first kappa shape index (κ1) is 18.6. The molecule has 3 rings (SSSR count). The molecule has 0 saturated carbocycles. The molecule has 1 aliphatic heterocycles. The van der Waals surface area contributed by atoms with Crippen LogP contribution in [-0.2, 0) is 4.79 Å². The smallest absolute Gasteiger partial charge is 0.222 e. The number of nitrogens with one attached hydrogen (secondary N) is 1. The highest BCUT2D eigenvalue weighted by molar-refractivity contribution is 5.77. The molecule has 1 saturated heterocycles. The molecule has 1 aliphatic rings. The molecule has 1 aromatic heterocycles. The van der Waals surface area contributed by atoms with Gasteiger partial charge in [-0.1, -0.05) is 42.3 Å². The van der Waals surface area contributed by atoms with Gasteiger partial charge in [-0.3, -0.25) is 9.78 Å². The summed E-state index contributed by atoms with van der Waals surface area (Å²) in [6.45, 7) is 6.28.